The molecule has 0 rings (SSSR count). The predicted octanol–water partition coefficient (Wildman–Crippen LogP) is 8.39. The number of rotatable bonds is 20. The fourth-order valence-corrected chi connectivity index (χ4v) is 3.66. The van der Waals surface area contributed by atoms with Gasteiger partial charge in [0.25, 0.3) is 0 Å². The highest BCUT2D eigenvalue weighted by Gasteiger charge is 2.14. The molecule has 0 fully saturated rings. The molecule has 0 spiro atoms. The van der Waals surface area contributed by atoms with Crippen molar-refractivity contribution in [1.29, 1.82) is 0 Å². The summed E-state index contributed by atoms with van der Waals surface area (Å²) >= 11 is 0. The molecule has 0 aliphatic heterocycles. The Hall–Kier alpha value is -0.790. The first-order valence-corrected chi connectivity index (χ1v) is 12.0. The summed E-state index contributed by atoms with van der Waals surface area (Å²) < 4.78 is 5.33. The Morgan fingerprint density at radius 1 is 0.741 bits per heavy atom. The average Bonchev–Trinajstić information content (AvgIpc) is 2.66. The van der Waals surface area contributed by atoms with Gasteiger partial charge in [-0.05, 0) is 25.7 Å². The summed E-state index contributed by atoms with van der Waals surface area (Å²) in [5.74, 6) is 0.512. The van der Waals surface area contributed by atoms with Crippen LogP contribution in [-0.4, -0.2) is 12.6 Å². The SMILES string of the molecule is CC=CCOC(=O)CC(CCCCCCCC)CCCCCCCCCC. The van der Waals surface area contributed by atoms with Crippen LogP contribution in [0.1, 0.15) is 130 Å². The molecule has 0 radical (unpaired) electrons. The van der Waals surface area contributed by atoms with Gasteiger partial charge in [-0.1, -0.05) is 116 Å². The van der Waals surface area contributed by atoms with Crippen LogP contribution in [0.4, 0.5) is 0 Å². The molecule has 2 heteroatoms. The van der Waals surface area contributed by atoms with Gasteiger partial charge in [0.1, 0.15) is 6.61 Å². The molecule has 0 aliphatic rings. The van der Waals surface area contributed by atoms with Gasteiger partial charge in [0.15, 0.2) is 0 Å². The third-order valence-corrected chi connectivity index (χ3v) is 5.46. The number of hydrogen-bond donors (Lipinski definition) is 0. The van der Waals surface area contributed by atoms with Gasteiger partial charge in [-0.15, -0.1) is 0 Å². The molecule has 160 valence electrons. The lowest BCUT2D eigenvalue weighted by Gasteiger charge is -2.16. The summed E-state index contributed by atoms with van der Waals surface area (Å²) in [7, 11) is 0. The zero-order valence-corrected chi connectivity index (χ0v) is 18.8. The molecule has 0 aliphatic carbocycles. The third kappa shape index (κ3) is 19.8. The van der Waals surface area contributed by atoms with E-state index in [2.05, 4.69) is 13.8 Å². The number of esters is 1. The van der Waals surface area contributed by atoms with Crippen LogP contribution in [0, 0.1) is 5.92 Å². The van der Waals surface area contributed by atoms with Gasteiger partial charge in [0.05, 0.1) is 0 Å². The summed E-state index contributed by atoms with van der Waals surface area (Å²) in [6, 6.07) is 0. The second-order valence-corrected chi connectivity index (χ2v) is 8.14. The van der Waals surface area contributed by atoms with Crippen LogP contribution < -0.4 is 0 Å². The number of carbonyl (C=O) groups excluding carboxylic acids is 1. The van der Waals surface area contributed by atoms with E-state index >= 15 is 0 Å². The minimum Gasteiger partial charge on any atom is -0.461 e. The lowest BCUT2D eigenvalue weighted by Crippen LogP contribution is -2.12. The highest BCUT2D eigenvalue weighted by Crippen LogP contribution is 2.22. The van der Waals surface area contributed by atoms with Crippen LogP contribution in [-0.2, 0) is 9.53 Å². The Kier molecular flexibility index (Phi) is 20.9. The first kappa shape index (κ1) is 26.2. The molecule has 0 aromatic heterocycles. The quantitative estimate of drug-likeness (QED) is 0.120. The van der Waals surface area contributed by atoms with Crippen molar-refractivity contribution in [2.75, 3.05) is 6.61 Å². The molecule has 0 bridgehead atoms. The Balaban J connectivity index is 3.98. The molecule has 0 saturated carbocycles. The molecule has 0 N–H and O–H groups in total. The predicted molar refractivity (Wildman–Crippen MR) is 119 cm³/mol. The third-order valence-electron chi connectivity index (χ3n) is 5.46. The van der Waals surface area contributed by atoms with E-state index in [9.17, 15) is 4.79 Å². The minimum absolute atomic E-state index is 0.0105. The second-order valence-electron chi connectivity index (χ2n) is 8.14. The first-order chi connectivity index (χ1) is 13.2. The van der Waals surface area contributed by atoms with E-state index in [1.165, 1.54) is 103 Å². The van der Waals surface area contributed by atoms with Crippen LogP contribution >= 0.6 is 0 Å². The van der Waals surface area contributed by atoms with Crippen LogP contribution in [0.3, 0.4) is 0 Å². The van der Waals surface area contributed by atoms with Gasteiger partial charge in [0.2, 0.25) is 0 Å². The van der Waals surface area contributed by atoms with Gasteiger partial charge in [-0.3, -0.25) is 4.79 Å². The van der Waals surface area contributed by atoms with E-state index in [-0.39, 0.29) is 5.97 Å². The fourth-order valence-electron chi connectivity index (χ4n) is 3.66. The molecule has 0 amide bonds. The van der Waals surface area contributed by atoms with E-state index < -0.39 is 0 Å². The lowest BCUT2D eigenvalue weighted by atomic mass is 9.91. The summed E-state index contributed by atoms with van der Waals surface area (Å²) in [6.07, 6.45) is 25.7. The Bertz CT molecular complexity index is 335. The second kappa shape index (κ2) is 21.5. The largest absolute Gasteiger partial charge is 0.461 e. The van der Waals surface area contributed by atoms with Gasteiger partial charge >= 0.3 is 5.97 Å². The number of carbonyl (C=O) groups is 1. The number of allylic oxidation sites excluding steroid dienone is 1. The normalized spacial score (nSPS) is 12.6. The van der Waals surface area contributed by atoms with Crippen molar-refractivity contribution in [3.05, 3.63) is 12.2 Å². The molecule has 1 atom stereocenters. The molecular formula is C25H48O2. The van der Waals surface area contributed by atoms with Crippen LogP contribution in [0.25, 0.3) is 0 Å². The highest BCUT2D eigenvalue weighted by atomic mass is 16.5. The zero-order chi connectivity index (χ0) is 20.0. The first-order valence-electron chi connectivity index (χ1n) is 12.0. The molecule has 0 saturated heterocycles. The van der Waals surface area contributed by atoms with Crippen molar-refractivity contribution in [3.8, 4) is 0 Å². The molecule has 0 heterocycles. The van der Waals surface area contributed by atoms with E-state index in [0.29, 0.717) is 18.9 Å². The topological polar surface area (TPSA) is 26.3 Å². The van der Waals surface area contributed by atoms with E-state index in [4.69, 9.17) is 4.74 Å². The summed E-state index contributed by atoms with van der Waals surface area (Å²) in [4.78, 5) is 12.1. The van der Waals surface area contributed by atoms with Crippen molar-refractivity contribution < 1.29 is 9.53 Å². The van der Waals surface area contributed by atoms with Gasteiger partial charge in [0, 0.05) is 6.42 Å². The Morgan fingerprint density at radius 2 is 1.19 bits per heavy atom. The van der Waals surface area contributed by atoms with Gasteiger partial charge in [-0.25, -0.2) is 0 Å². The van der Waals surface area contributed by atoms with Crippen molar-refractivity contribution in [2.24, 2.45) is 5.92 Å². The summed E-state index contributed by atoms with van der Waals surface area (Å²) in [5.41, 5.74) is 0. The Labute approximate surface area is 170 Å². The van der Waals surface area contributed by atoms with Crippen LogP contribution in [0.5, 0.6) is 0 Å². The maximum Gasteiger partial charge on any atom is 0.306 e. The molecule has 0 aromatic carbocycles. The summed E-state index contributed by atoms with van der Waals surface area (Å²) in [6.45, 7) is 6.92. The van der Waals surface area contributed by atoms with E-state index in [1.807, 2.05) is 19.1 Å². The van der Waals surface area contributed by atoms with Gasteiger partial charge < -0.3 is 4.74 Å². The molecule has 0 aromatic rings. The van der Waals surface area contributed by atoms with Crippen molar-refractivity contribution in [1.82, 2.24) is 0 Å². The van der Waals surface area contributed by atoms with E-state index in [1.54, 1.807) is 0 Å². The van der Waals surface area contributed by atoms with Crippen molar-refractivity contribution in [2.45, 2.75) is 130 Å². The highest BCUT2D eigenvalue weighted by molar-refractivity contribution is 5.69. The lowest BCUT2D eigenvalue weighted by molar-refractivity contribution is -0.143. The molecule has 1 unspecified atom stereocenters. The Morgan fingerprint density at radius 3 is 1.63 bits per heavy atom. The monoisotopic (exact) mass is 380 g/mol. The number of hydrogen-bond acceptors (Lipinski definition) is 2. The van der Waals surface area contributed by atoms with Crippen LogP contribution in [0.15, 0.2) is 12.2 Å². The van der Waals surface area contributed by atoms with Crippen molar-refractivity contribution in [3.63, 3.8) is 0 Å². The average molecular weight is 381 g/mol. The minimum atomic E-state index is -0.0105. The van der Waals surface area contributed by atoms with Crippen LogP contribution in [0.2, 0.25) is 0 Å². The maximum atomic E-state index is 12.1. The molecule has 27 heavy (non-hydrogen) atoms. The smallest absolute Gasteiger partial charge is 0.306 e. The summed E-state index contributed by atoms with van der Waals surface area (Å²) in [5, 5.41) is 0. The molecule has 2 nitrogen and oxygen atoms in total. The standard InChI is InChI=1S/C25H48O2/c1-4-7-10-12-14-15-17-19-21-24(20-18-16-13-11-8-5-2)23-25(26)27-22-9-6-3/h6,9,24H,4-5,7-8,10-23H2,1-3H3. The fraction of sp³-hybridized carbons (Fsp3) is 0.880. The van der Waals surface area contributed by atoms with E-state index in [0.717, 1.165) is 0 Å². The van der Waals surface area contributed by atoms with Crippen molar-refractivity contribution >= 4 is 5.97 Å². The number of unbranched alkanes of at least 4 members (excludes halogenated alkanes) is 12. The number of ether oxygens (including phenoxy) is 1. The zero-order valence-electron chi connectivity index (χ0n) is 18.8. The molecular weight excluding hydrogens is 332 g/mol. The maximum absolute atomic E-state index is 12.1. The van der Waals surface area contributed by atoms with Gasteiger partial charge in [-0.2, -0.15) is 0 Å².